The number of piperidine rings is 1. The maximum atomic E-state index is 6.08. The summed E-state index contributed by atoms with van der Waals surface area (Å²) in [6.07, 6.45) is 3.65. The number of hydrogen-bond acceptors (Lipinski definition) is 2. The third-order valence-corrected chi connectivity index (χ3v) is 4.66. The van der Waals surface area contributed by atoms with Gasteiger partial charge in [0, 0.05) is 22.8 Å². The molecule has 2 N–H and O–H groups in total. The number of hydrogen-bond donors (Lipinski definition) is 1. The number of nitrogens with zero attached hydrogens (tertiary/aromatic N) is 2. The van der Waals surface area contributed by atoms with Crippen LogP contribution in [0, 0.1) is 5.92 Å². The Balaban J connectivity index is 1.91. The maximum absolute atomic E-state index is 6.08. The predicted molar refractivity (Wildman–Crippen MR) is 79.0 cm³/mol. The molecule has 0 spiro atoms. The molecule has 100 valence electrons. The van der Waals surface area contributed by atoms with E-state index in [0.29, 0.717) is 5.96 Å². The second-order valence-electron chi connectivity index (χ2n) is 5.09. The fraction of sp³-hybridized carbons (Fsp3) is 0.643. The molecule has 1 aliphatic heterocycles. The summed E-state index contributed by atoms with van der Waals surface area (Å²) in [5.74, 6) is 1.45. The summed E-state index contributed by atoms with van der Waals surface area (Å²) in [5.41, 5.74) is 6.08. The first-order chi connectivity index (χ1) is 8.69. The molecule has 18 heavy (non-hydrogen) atoms. The van der Waals surface area contributed by atoms with E-state index in [1.54, 1.807) is 0 Å². The average Bonchev–Trinajstić information content (AvgIpc) is 2.84. The number of nitrogens with two attached hydrogens (primary N) is 1. The van der Waals surface area contributed by atoms with E-state index >= 15 is 0 Å². The summed E-state index contributed by atoms with van der Waals surface area (Å²) < 4.78 is 0. The van der Waals surface area contributed by atoms with Crippen molar-refractivity contribution in [2.75, 3.05) is 13.1 Å². The number of thiophene rings is 1. The average molecular weight is 265 g/mol. The molecule has 1 aromatic heterocycles. The lowest BCUT2D eigenvalue weighted by Crippen LogP contribution is -2.43. The van der Waals surface area contributed by atoms with Crippen LogP contribution in [0.4, 0.5) is 0 Å². The third-order valence-electron chi connectivity index (χ3n) is 3.44. The zero-order valence-electron chi connectivity index (χ0n) is 11.4. The van der Waals surface area contributed by atoms with Gasteiger partial charge in [0.25, 0.3) is 0 Å². The minimum atomic E-state index is 0.716. The molecule has 0 radical (unpaired) electrons. The van der Waals surface area contributed by atoms with E-state index in [4.69, 9.17) is 5.73 Å². The molecule has 0 aliphatic carbocycles. The molecule has 3 nitrogen and oxygen atoms in total. The van der Waals surface area contributed by atoms with Gasteiger partial charge in [-0.3, -0.25) is 0 Å². The molecule has 0 saturated carbocycles. The lowest BCUT2D eigenvalue weighted by Gasteiger charge is -2.31. The fourth-order valence-electron chi connectivity index (χ4n) is 2.35. The third kappa shape index (κ3) is 3.48. The van der Waals surface area contributed by atoms with Crippen molar-refractivity contribution in [1.29, 1.82) is 0 Å². The first-order valence-electron chi connectivity index (χ1n) is 6.81. The van der Waals surface area contributed by atoms with Gasteiger partial charge in [-0.2, -0.15) is 0 Å². The highest BCUT2D eigenvalue weighted by Gasteiger charge is 2.17. The molecule has 0 bridgehead atoms. The molecule has 0 aromatic carbocycles. The van der Waals surface area contributed by atoms with E-state index in [9.17, 15) is 0 Å². The van der Waals surface area contributed by atoms with E-state index in [1.807, 2.05) is 11.3 Å². The van der Waals surface area contributed by atoms with Crippen molar-refractivity contribution in [3.05, 3.63) is 21.9 Å². The molecule has 1 fully saturated rings. The van der Waals surface area contributed by atoms with Crippen molar-refractivity contribution in [2.45, 2.75) is 39.7 Å². The quantitative estimate of drug-likeness (QED) is 0.674. The van der Waals surface area contributed by atoms with E-state index in [2.05, 4.69) is 35.9 Å². The molecule has 4 heteroatoms. The van der Waals surface area contributed by atoms with Crippen LogP contribution in [0.3, 0.4) is 0 Å². The van der Waals surface area contributed by atoms with Crippen molar-refractivity contribution >= 4 is 17.3 Å². The Morgan fingerprint density at radius 1 is 1.50 bits per heavy atom. The Hall–Kier alpha value is -1.03. The Bertz CT molecular complexity index is 411. The molecule has 2 rings (SSSR count). The molecule has 1 atom stereocenters. The van der Waals surface area contributed by atoms with Gasteiger partial charge in [0.2, 0.25) is 0 Å². The smallest absolute Gasteiger partial charge is 0.191 e. The summed E-state index contributed by atoms with van der Waals surface area (Å²) in [7, 11) is 0. The van der Waals surface area contributed by atoms with Crippen LogP contribution in [0.5, 0.6) is 0 Å². The van der Waals surface area contributed by atoms with Crippen LogP contribution in [-0.4, -0.2) is 23.9 Å². The second-order valence-corrected chi connectivity index (χ2v) is 6.34. The number of aliphatic imine (C=N–C) groups is 1. The Morgan fingerprint density at radius 2 is 2.28 bits per heavy atom. The Morgan fingerprint density at radius 3 is 2.94 bits per heavy atom. The summed E-state index contributed by atoms with van der Waals surface area (Å²) in [5, 5.41) is 0. The molecule has 2 heterocycles. The molecular formula is C14H23N3S. The van der Waals surface area contributed by atoms with Gasteiger partial charge in [-0.15, -0.1) is 11.3 Å². The lowest BCUT2D eigenvalue weighted by atomic mass is 10.0. The van der Waals surface area contributed by atoms with Gasteiger partial charge < -0.3 is 10.6 Å². The van der Waals surface area contributed by atoms with Gasteiger partial charge in [0.05, 0.1) is 6.54 Å². The van der Waals surface area contributed by atoms with Crippen molar-refractivity contribution < 1.29 is 0 Å². The number of rotatable bonds is 3. The number of aryl methyl sites for hydroxylation is 1. The van der Waals surface area contributed by atoms with Crippen LogP contribution >= 0.6 is 11.3 Å². The summed E-state index contributed by atoms with van der Waals surface area (Å²) in [6.45, 7) is 7.31. The van der Waals surface area contributed by atoms with Gasteiger partial charge >= 0.3 is 0 Å². The van der Waals surface area contributed by atoms with Crippen LogP contribution in [0.1, 0.15) is 36.4 Å². The van der Waals surface area contributed by atoms with E-state index in [-0.39, 0.29) is 0 Å². The lowest BCUT2D eigenvalue weighted by molar-refractivity contribution is 0.270. The van der Waals surface area contributed by atoms with Crippen molar-refractivity contribution in [3.63, 3.8) is 0 Å². The number of guanidine groups is 1. The first kappa shape index (κ1) is 13.4. The monoisotopic (exact) mass is 265 g/mol. The van der Waals surface area contributed by atoms with Crippen LogP contribution < -0.4 is 5.73 Å². The zero-order chi connectivity index (χ0) is 13.0. The van der Waals surface area contributed by atoms with Crippen LogP contribution in [0.15, 0.2) is 17.1 Å². The minimum absolute atomic E-state index is 0.716. The zero-order valence-corrected chi connectivity index (χ0v) is 12.2. The van der Waals surface area contributed by atoms with Gasteiger partial charge in [-0.1, -0.05) is 13.8 Å². The SMILES string of the molecule is CCc1ccc(CN=C(N)N2CCCC(C)C2)s1. The van der Waals surface area contributed by atoms with E-state index in [1.165, 1.54) is 22.6 Å². The Kier molecular flexibility index (Phi) is 4.64. The molecule has 1 saturated heterocycles. The molecule has 1 unspecified atom stereocenters. The van der Waals surface area contributed by atoms with Gasteiger partial charge in [-0.05, 0) is 37.3 Å². The number of likely N-dealkylation sites (tertiary alicyclic amines) is 1. The van der Waals surface area contributed by atoms with Gasteiger partial charge in [0.15, 0.2) is 5.96 Å². The van der Waals surface area contributed by atoms with Crippen LogP contribution in [0.25, 0.3) is 0 Å². The Labute approximate surface area is 114 Å². The molecule has 0 amide bonds. The van der Waals surface area contributed by atoms with Crippen molar-refractivity contribution in [2.24, 2.45) is 16.6 Å². The van der Waals surface area contributed by atoms with Gasteiger partial charge in [0.1, 0.15) is 0 Å². The molecule has 1 aliphatic rings. The normalized spacial score (nSPS) is 21.3. The standard InChI is InChI=1S/C14H23N3S/c1-3-12-6-7-13(18-12)9-16-14(15)17-8-4-5-11(2)10-17/h6-7,11H,3-5,8-10H2,1-2H3,(H2,15,16). The molecule has 1 aromatic rings. The summed E-state index contributed by atoms with van der Waals surface area (Å²) >= 11 is 1.84. The van der Waals surface area contributed by atoms with Gasteiger partial charge in [-0.25, -0.2) is 4.99 Å². The second kappa shape index (κ2) is 6.23. The maximum Gasteiger partial charge on any atom is 0.191 e. The highest BCUT2D eigenvalue weighted by Crippen LogP contribution is 2.18. The van der Waals surface area contributed by atoms with Crippen LogP contribution in [0.2, 0.25) is 0 Å². The first-order valence-corrected chi connectivity index (χ1v) is 7.63. The summed E-state index contributed by atoms with van der Waals surface area (Å²) in [6, 6.07) is 4.35. The topological polar surface area (TPSA) is 41.6 Å². The predicted octanol–water partition coefficient (Wildman–Crippen LogP) is 2.86. The largest absolute Gasteiger partial charge is 0.370 e. The van der Waals surface area contributed by atoms with Crippen molar-refractivity contribution in [3.8, 4) is 0 Å². The highest BCUT2D eigenvalue weighted by atomic mass is 32.1. The van der Waals surface area contributed by atoms with Crippen molar-refractivity contribution in [1.82, 2.24) is 4.90 Å². The van der Waals surface area contributed by atoms with E-state index < -0.39 is 0 Å². The fourth-order valence-corrected chi connectivity index (χ4v) is 3.24. The van der Waals surface area contributed by atoms with Crippen LogP contribution in [-0.2, 0) is 13.0 Å². The minimum Gasteiger partial charge on any atom is -0.370 e. The van der Waals surface area contributed by atoms with E-state index in [0.717, 1.165) is 32.0 Å². The summed E-state index contributed by atoms with van der Waals surface area (Å²) in [4.78, 5) is 9.48. The molecular weight excluding hydrogens is 242 g/mol. The highest BCUT2D eigenvalue weighted by molar-refractivity contribution is 7.11.